The van der Waals surface area contributed by atoms with Gasteiger partial charge in [0.05, 0.1) is 22.3 Å². The molecule has 2 aliphatic rings. The molecule has 1 aromatic carbocycles. The summed E-state index contributed by atoms with van der Waals surface area (Å²) >= 11 is 11.9. The van der Waals surface area contributed by atoms with Gasteiger partial charge in [-0.3, -0.25) is 14.5 Å². The van der Waals surface area contributed by atoms with Gasteiger partial charge in [0.25, 0.3) is 0 Å². The Morgan fingerprint density at radius 2 is 1.94 bits per heavy atom. The van der Waals surface area contributed by atoms with E-state index in [0.717, 1.165) is 18.5 Å². The fourth-order valence-electron chi connectivity index (χ4n) is 4.14. The van der Waals surface area contributed by atoms with Crippen molar-refractivity contribution in [1.82, 2.24) is 14.7 Å². The first-order valence-electron chi connectivity index (χ1n) is 11.3. The highest BCUT2D eigenvalue weighted by Gasteiger charge is 2.35. The van der Waals surface area contributed by atoms with Crippen molar-refractivity contribution in [2.75, 3.05) is 45.8 Å². The largest absolute Gasteiger partial charge is 0.391 e. The fourth-order valence-corrected chi connectivity index (χ4v) is 4.45. The molecule has 1 unspecified atom stereocenters. The van der Waals surface area contributed by atoms with Crippen LogP contribution < -0.4 is 0 Å². The number of rotatable bonds is 6. The van der Waals surface area contributed by atoms with E-state index in [1.807, 2.05) is 18.7 Å². The predicted molar refractivity (Wildman–Crippen MR) is 130 cm³/mol. The van der Waals surface area contributed by atoms with Gasteiger partial charge in [-0.2, -0.15) is 0 Å². The van der Waals surface area contributed by atoms with Crippen molar-refractivity contribution in [2.24, 2.45) is 5.41 Å². The van der Waals surface area contributed by atoms with Crippen LogP contribution in [-0.4, -0.2) is 94.7 Å². The normalized spacial score (nSPS) is 23.1. The first kappa shape index (κ1) is 26.0. The topological polar surface area (TPSA) is 84.3 Å². The minimum atomic E-state index is -0.709. The summed E-state index contributed by atoms with van der Waals surface area (Å²) in [5, 5.41) is 21.8. The summed E-state index contributed by atoms with van der Waals surface area (Å²) < 4.78 is 0. The summed E-state index contributed by atoms with van der Waals surface area (Å²) in [6.07, 6.45) is 3.07. The van der Waals surface area contributed by atoms with E-state index in [4.69, 9.17) is 23.2 Å². The number of benzene rings is 1. The third-order valence-corrected chi connectivity index (χ3v) is 7.31. The number of aliphatic hydroxyl groups excluding tert-OH is 2. The van der Waals surface area contributed by atoms with Gasteiger partial charge in [-0.1, -0.05) is 43.1 Å². The van der Waals surface area contributed by atoms with Crippen molar-refractivity contribution < 1.29 is 19.8 Å². The fraction of sp³-hybridized carbons (Fsp3) is 0.583. The summed E-state index contributed by atoms with van der Waals surface area (Å²) in [5.74, 6) is -0.251. The Bertz CT molecular complexity index is 892. The van der Waals surface area contributed by atoms with Crippen molar-refractivity contribution in [3.05, 3.63) is 39.9 Å². The van der Waals surface area contributed by atoms with E-state index in [1.54, 1.807) is 34.1 Å². The van der Waals surface area contributed by atoms with Crippen molar-refractivity contribution in [3.63, 3.8) is 0 Å². The van der Waals surface area contributed by atoms with E-state index >= 15 is 0 Å². The third-order valence-electron chi connectivity index (χ3n) is 6.57. The van der Waals surface area contributed by atoms with Crippen LogP contribution in [0.15, 0.2) is 24.3 Å². The maximum absolute atomic E-state index is 12.6. The second kappa shape index (κ2) is 11.2. The summed E-state index contributed by atoms with van der Waals surface area (Å²) in [7, 11) is 0. The lowest BCUT2D eigenvalue weighted by Gasteiger charge is -2.42. The molecule has 3 rings (SSSR count). The standard InChI is InChI=1S/C24H33Cl2N3O4/c1-24(2)8-10-27(16-21(24)31)14-18(30)15-29-12-11-28(9-7-23(29)33)22(32)6-4-17-3-5-19(25)20(26)13-17/h3-6,13,18,21,30-31H,7-12,14-16H2,1-2H3/t18-,21?/m0/s1. The average molecular weight is 498 g/mol. The first-order valence-corrected chi connectivity index (χ1v) is 12.1. The van der Waals surface area contributed by atoms with Crippen molar-refractivity contribution >= 4 is 41.1 Å². The molecule has 2 fully saturated rings. The predicted octanol–water partition coefficient (Wildman–Crippen LogP) is 2.52. The van der Waals surface area contributed by atoms with Gasteiger partial charge in [0.2, 0.25) is 11.8 Å². The Hall–Kier alpha value is -1.64. The maximum Gasteiger partial charge on any atom is 0.246 e. The van der Waals surface area contributed by atoms with E-state index in [2.05, 4.69) is 0 Å². The Balaban J connectivity index is 1.50. The molecule has 9 heteroatoms. The van der Waals surface area contributed by atoms with Crippen LogP contribution in [0.3, 0.4) is 0 Å². The second-order valence-electron chi connectivity index (χ2n) is 9.59. The van der Waals surface area contributed by atoms with Gasteiger partial charge in [-0.25, -0.2) is 0 Å². The zero-order valence-corrected chi connectivity index (χ0v) is 20.7. The lowest BCUT2D eigenvalue weighted by Crippen LogP contribution is -2.51. The van der Waals surface area contributed by atoms with Crippen molar-refractivity contribution in [2.45, 2.75) is 38.9 Å². The summed E-state index contributed by atoms with van der Waals surface area (Å²) in [4.78, 5) is 30.5. The van der Waals surface area contributed by atoms with E-state index in [-0.39, 0.29) is 30.2 Å². The zero-order valence-electron chi connectivity index (χ0n) is 19.2. The SMILES string of the molecule is CC1(C)CCN(C[C@H](O)CN2CCN(C(=O)C=Cc3ccc(Cl)c(Cl)c3)CCC2=O)CC1O. The molecular weight excluding hydrogens is 465 g/mol. The van der Waals surface area contributed by atoms with E-state index < -0.39 is 12.2 Å². The number of aliphatic hydroxyl groups is 2. The van der Waals surface area contributed by atoms with Crippen LogP contribution >= 0.6 is 23.2 Å². The zero-order chi connectivity index (χ0) is 24.2. The average Bonchev–Trinajstić information content (AvgIpc) is 2.93. The molecule has 0 radical (unpaired) electrons. The van der Waals surface area contributed by atoms with Crippen LogP contribution in [0.2, 0.25) is 10.0 Å². The number of carbonyl (C=O) groups excluding carboxylic acids is 2. The lowest BCUT2D eigenvalue weighted by molar-refractivity contribution is -0.132. The van der Waals surface area contributed by atoms with E-state index in [1.165, 1.54) is 6.08 Å². The summed E-state index contributed by atoms with van der Waals surface area (Å²) in [6.45, 7) is 7.17. The Morgan fingerprint density at radius 1 is 1.18 bits per heavy atom. The number of nitrogens with zero attached hydrogens (tertiary/aromatic N) is 3. The molecule has 33 heavy (non-hydrogen) atoms. The minimum absolute atomic E-state index is 0.0716. The quantitative estimate of drug-likeness (QED) is 0.589. The molecule has 2 saturated heterocycles. The van der Waals surface area contributed by atoms with Crippen LogP contribution in [0.25, 0.3) is 6.08 Å². The van der Waals surface area contributed by atoms with Crippen LogP contribution in [-0.2, 0) is 9.59 Å². The molecule has 2 heterocycles. The van der Waals surface area contributed by atoms with Crippen molar-refractivity contribution in [1.29, 1.82) is 0 Å². The molecule has 1 aromatic rings. The van der Waals surface area contributed by atoms with E-state index in [9.17, 15) is 19.8 Å². The molecule has 0 aromatic heterocycles. The number of halogens is 2. The van der Waals surface area contributed by atoms with Gasteiger partial charge in [0.1, 0.15) is 0 Å². The van der Waals surface area contributed by atoms with Gasteiger partial charge < -0.3 is 20.0 Å². The number of likely N-dealkylation sites (tertiary alicyclic amines) is 1. The van der Waals surface area contributed by atoms with Crippen LogP contribution in [0.5, 0.6) is 0 Å². The molecule has 0 bridgehead atoms. The number of β-amino-alcohol motifs (C(OH)–C–C–N with tert-alkyl or cyclic N) is 2. The van der Waals surface area contributed by atoms with E-state index in [0.29, 0.717) is 42.8 Å². The highest BCUT2D eigenvalue weighted by Crippen LogP contribution is 2.30. The molecule has 2 amide bonds. The smallest absolute Gasteiger partial charge is 0.246 e. The number of amides is 2. The molecule has 182 valence electrons. The minimum Gasteiger partial charge on any atom is -0.391 e. The number of carbonyl (C=O) groups is 2. The van der Waals surface area contributed by atoms with Crippen molar-refractivity contribution in [3.8, 4) is 0 Å². The molecular formula is C24H33Cl2N3O4. The molecule has 7 nitrogen and oxygen atoms in total. The van der Waals surface area contributed by atoms with Gasteiger partial charge >= 0.3 is 0 Å². The molecule has 0 spiro atoms. The van der Waals surface area contributed by atoms with Gasteiger partial charge in [-0.15, -0.1) is 0 Å². The number of hydrogen-bond acceptors (Lipinski definition) is 5. The monoisotopic (exact) mass is 497 g/mol. The van der Waals surface area contributed by atoms with Gasteiger partial charge in [-0.05, 0) is 42.2 Å². The van der Waals surface area contributed by atoms with Crippen LogP contribution in [0, 0.1) is 5.41 Å². The highest BCUT2D eigenvalue weighted by atomic mass is 35.5. The van der Waals surface area contributed by atoms with Crippen LogP contribution in [0.1, 0.15) is 32.3 Å². The lowest BCUT2D eigenvalue weighted by atomic mass is 9.80. The molecule has 2 aliphatic heterocycles. The highest BCUT2D eigenvalue weighted by molar-refractivity contribution is 6.42. The number of hydrogen-bond donors (Lipinski definition) is 2. The first-order chi connectivity index (χ1) is 15.5. The second-order valence-corrected chi connectivity index (χ2v) is 10.4. The Kier molecular flexibility index (Phi) is 8.81. The maximum atomic E-state index is 12.6. The Labute approximate surface area is 205 Å². The van der Waals surface area contributed by atoms with Gasteiger partial charge in [0.15, 0.2) is 0 Å². The molecule has 2 N–H and O–H groups in total. The summed E-state index contributed by atoms with van der Waals surface area (Å²) in [5.41, 5.74) is 0.645. The molecule has 2 atom stereocenters. The third kappa shape index (κ3) is 7.17. The number of piperidine rings is 1. The summed E-state index contributed by atoms with van der Waals surface area (Å²) in [6, 6.07) is 5.13. The molecule has 0 aliphatic carbocycles. The molecule has 0 saturated carbocycles. The Morgan fingerprint density at radius 3 is 2.64 bits per heavy atom. The van der Waals surface area contributed by atoms with Gasteiger partial charge in [0, 0.05) is 51.8 Å². The van der Waals surface area contributed by atoms with Crippen LogP contribution in [0.4, 0.5) is 0 Å².